The van der Waals surface area contributed by atoms with Crippen LogP contribution in [-0.2, 0) is 22.4 Å². The van der Waals surface area contributed by atoms with Crippen LogP contribution in [0.15, 0.2) is 60.7 Å². The first-order valence-electron chi connectivity index (χ1n) is 16.6. The van der Waals surface area contributed by atoms with Gasteiger partial charge in [0, 0.05) is 0 Å². The zero-order valence-electron chi connectivity index (χ0n) is 24.8. The molecule has 4 aliphatic rings. The molecule has 4 heteroatoms. The van der Waals surface area contributed by atoms with Gasteiger partial charge >= 0.3 is 22.4 Å². The predicted molar refractivity (Wildman–Crippen MR) is 173 cm³/mol. The van der Waals surface area contributed by atoms with Crippen LogP contribution in [0, 0.1) is 0 Å². The van der Waals surface area contributed by atoms with Crippen molar-refractivity contribution in [3.63, 3.8) is 0 Å². The molecule has 226 valence electrons. The van der Waals surface area contributed by atoms with E-state index in [0.717, 1.165) is 22.6 Å². The Morgan fingerprint density at radius 1 is 0.350 bits per heavy atom. The van der Waals surface area contributed by atoms with E-state index in [9.17, 15) is 0 Å². The standard InChI is InChI=1S/2C18H27P.Au.ClH/c2*1-4-10-16(11-5-1)19(17-12-6-2-7-13-17)18-14-8-3-9-15-18;;/h2*1,4-5,10-11,17-18H,2-3,6-9,12-15H2;;1H/q;;+1;/p-1. The van der Waals surface area contributed by atoms with Gasteiger partial charge in [-0.25, -0.2) is 0 Å². The second kappa shape index (κ2) is 19.6. The molecule has 0 atom stereocenters. The van der Waals surface area contributed by atoms with Crippen molar-refractivity contribution in [2.75, 3.05) is 0 Å². The molecular formula is C36H54AuClP2. The van der Waals surface area contributed by atoms with Crippen LogP contribution in [0.2, 0.25) is 0 Å². The monoisotopic (exact) mass is 780 g/mol. The van der Waals surface area contributed by atoms with Crippen LogP contribution in [0.5, 0.6) is 0 Å². The van der Waals surface area contributed by atoms with Crippen molar-refractivity contribution in [3.05, 3.63) is 60.7 Å². The van der Waals surface area contributed by atoms with Crippen molar-refractivity contribution in [2.24, 2.45) is 0 Å². The van der Waals surface area contributed by atoms with Gasteiger partial charge in [-0.2, -0.15) is 0 Å². The van der Waals surface area contributed by atoms with Crippen LogP contribution in [0.3, 0.4) is 0 Å². The number of hydrogen-bond acceptors (Lipinski definition) is 0. The van der Waals surface area contributed by atoms with Crippen LogP contribution in [-0.4, -0.2) is 22.6 Å². The number of rotatable bonds is 6. The Labute approximate surface area is 271 Å². The van der Waals surface area contributed by atoms with Gasteiger partial charge in [0.15, 0.2) is 0 Å². The van der Waals surface area contributed by atoms with Crippen molar-refractivity contribution in [1.29, 1.82) is 0 Å². The summed E-state index contributed by atoms with van der Waals surface area (Å²) in [5, 5.41) is 3.41. The van der Waals surface area contributed by atoms with Crippen LogP contribution in [0.1, 0.15) is 128 Å². The fourth-order valence-electron chi connectivity index (χ4n) is 8.08. The van der Waals surface area contributed by atoms with Gasteiger partial charge in [-0.3, -0.25) is 0 Å². The maximum Gasteiger partial charge on any atom is 1.00 e. The molecule has 0 unspecified atom stereocenters. The van der Waals surface area contributed by atoms with Crippen molar-refractivity contribution in [2.45, 2.75) is 151 Å². The van der Waals surface area contributed by atoms with E-state index in [2.05, 4.69) is 60.7 Å². The zero-order valence-corrected chi connectivity index (χ0v) is 29.5. The average molecular weight is 781 g/mol. The zero-order chi connectivity index (χ0) is 25.8. The minimum atomic E-state index is 0. The Hall–Kier alpha value is 0.330. The summed E-state index contributed by atoms with van der Waals surface area (Å²) in [6, 6.07) is 23.1. The van der Waals surface area contributed by atoms with E-state index in [-0.39, 0.29) is 50.6 Å². The summed E-state index contributed by atoms with van der Waals surface area (Å²) in [7, 11) is 0.216. The fourth-order valence-corrected chi connectivity index (χ4v) is 15.7. The van der Waals surface area contributed by atoms with Crippen molar-refractivity contribution >= 4 is 26.5 Å². The number of hydrogen-bond donors (Lipinski definition) is 0. The second-order valence-corrected chi connectivity index (χ2v) is 18.2. The van der Waals surface area contributed by atoms with E-state index in [1.165, 1.54) is 128 Å². The van der Waals surface area contributed by atoms with Crippen molar-refractivity contribution in [3.8, 4) is 0 Å². The first-order valence-corrected chi connectivity index (χ1v) is 19.5. The first kappa shape index (κ1) is 34.8. The summed E-state index contributed by atoms with van der Waals surface area (Å²) in [5.74, 6) is 0. The van der Waals surface area contributed by atoms with Crippen LogP contribution in [0.4, 0.5) is 0 Å². The molecule has 4 fully saturated rings. The molecule has 0 aromatic heterocycles. The van der Waals surface area contributed by atoms with E-state index < -0.39 is 0 Å². The van der Waals surface area contributed by atoms with Gasteiger partial charge in [0.05, 0.1) is 0 Å². The van der Waals surface area contributed by atoms with E-state index >= 15 is 0 Å². The third-order valence-corrected chi connectivity index (χ3v) is 17.0. The molecule has 0 saturated heterocycles. The Bertz CT molecular complexity index is 774. The van der Waals surface area contributed by atoms with Gasteiger partial charge in [-0.1, -0.05) is 154 Å². The molecule has 0 amide bonds. The van der Waals surface area contributed by atoms with Gasteiger partial charge in [0.2, 0.25) is 0 Å². The predicted octanol–water partition coefficient (Wildman–Crippen LogP) is 7.92. The molecule has 0 heterocycles. The summed E-state index contributed by atoms with van der Waals surface area (Å²) in [5.41, 5.74) is 4.15. The van der Waals surface area contributed by atoms with E-state index in [1.807, 2.05) is 0 Å². The summed E-state index contributed by atoms with van der Waals surface area (Å²) in [6.45, 7) is 0. The molecule has 4 aliphatic carbocycles. The molecule has 40 heavy (non-hydrogen) atoms. The Morgan fingerprint density at radius 3 is 0.800 bits per heavy atom. The number of benzene rings is 2. The molecule has 0 nitrogen and oxygen atoms in total. The Kier molecular flexibility index (Phi) is 17.0. The quantitative estimate of drug-likeness (QED) is 0.207. The van der Waals surface area contributed by atoms with Crippen LogP contribution in [0.25, 0.3) is 0 Å². The Morgan fingerprint density at radius 2 is 0.575 bits per heavy atom. The summed E-state index contributed by atoms with van der Waals surface area (Å²) >= 11 is 0. The summed E-state index contributed by atoms with van der Waals surface area (Å²) in [4.78, 5) is 0. The number of halogens is 1. The SMILES string of the molecule is [Au+].[Cl-].c1ccc(P(C2CCCCC2)C2CCCCC2)cc1.c1ccc(P(C2CCCCC2)C2CCCCC2)cc1. The van der Waals surface area contributed by atoms with Gasteiger partial charge < -0.3 is 12.4 Å². The molecular weight excluding hydrogens is 727 g/mol. The maximum absolute atomic E-state index is 2.43. The molecule has 0 aliphatic heterocycles. The van der Waals surface area contributed by atoms with Gasteiger partial charge in [-0.15, -0.1) is 0 Å². The van der Waals surface area contributed by atoms with Crippen LogP contribution >= 0.6 is 15.8 Å². The normalized spacial score (nSPS) is 21.6. The average Bonchev–Trinajstić information content (AvgIpc) is 3.01. The van der Waals surface area contributed by atoms with Gasteiger partial charge in [0.1, 0.15) is 0 Å². The second-order valence-electron chi connectivity index (χ2n) is 12.7. The third-order valence-electron chi connectivity index (χ3n) is 9.98. The molecule has 0 N–H and O–H groups in total. The summed E-state index contributed by atoms with van der Waals surface area (Å²) in [6.07, 6.45) is 29.9. The van der Waals surface area contributed by atoms with Gasteiger partial charge in [0.25, 0.3) is 0 Å². The summed E-state index contributed by atoms with van der Waals surface area (Å²) < 4.78 is 0. The van der Waals surface area contributed by atoms with Crippen molar-refractivity contribution in [1.82, 2.24) is 0 Å². The molecule has 4 saturated carbocycles. The van der Waals surface area contributed by atoms with E-state index in [4.69, 9.17) is 0 Å². The third kappa shape index (κ3) is 10.2. The fraction of sp³-hybridized carbons (Fsp3) is 0.667. The molecule has 0 bridgehead atoms. The minimum Gasteiger partial charge on any atom is -1.00 e. The van der Waals surface area contributed by atoms with E-state index in [1.54, 1.807) is 10.6 Å². The van der Waals surface area contributed by atoms with Crippen molar-refractivity contribution < 1.29 is 34.8 Å². The molecule has 2 aromatic rings. The Balaban J connectivity index is 0.000000210. The van der Waals surface area contributed by atoms with Gasteiger partial charge in [-0.05, 0) is 84.6 Å². The first-order chi connectivity index (χ1) is 18.9. The van der Waals surface area contributed by atoms with Crippen LogP contribution < -0.4 is 23.0 Å². The molecule has 0 radical (unpaired) electrons. The largest absolute Gasteiger partial charge is 1.00 e. The molecule has 6 rings (SSSR count). The maximum atomic E-state index is 2.43. The smallest absolute Gasteiger partial charge is 1.00 e. The molecule has 2 aromatic carbocycles. The van der Waals surface area contributed by atoms with E-state index in [0.29, 0.717) is 0 Å². The minimum absolute atomic E-state index is 0. The topological polar surface area (TPSA) is 0 Å². The molecule has 0 spiro atoms.